The van der Waals surface area contributed by atoms with E-state index in [1.165, 1.54) is 0 Å². The highest BCUT2D eigenvalue weighted by Gasteiger charge is 2.18. The molecule has 0 radical (unpaired) electrons. The van der Waals surface area contributed by atoms with Gasteiger partial charge in [0.2, 0.25) is 0 Å². The molecule has 0 fully saturated rings. The maximum atomic E-state index is 12.5. The lowest BCUT2D eigenvalue weighted by atomic mass is 10.2. The number of nitrogens with one attached hydrogen (secondary N) is 1. The van der Waals surface area contributed by atoms with Crippen LogP contribution >= 0.6 is 0 Å². The fourth-order valence-corrected chi connectivity index (χ4v) is 2.56. The number of amides is 1. The first-order chi connectivity index (χ1) is 13.2. The Bertz CT molecular complexity index is 703. The average molecular weight is 371 g/mol. The Hall–Kier alpha value is -2.69. The van der Waals surface area contributed by atoms with Gasteiger partial charge in [0, 0.05) is 6.54 Å². The largest absolute Gasteiger partial charge is 0.493 e. The number of benzene rings is 2. The Morgan fingerprint density at radius 3 is 2.52 bits per heavy atom. The van der Waals surface area contributed by atoms with E-state index in [4.69, 9.17) is 14.2 Å². The molecule has 1 N–H and O–H groups in total. The molecule has 0 saturated heterocycles. The summed E-state index contributed by atoms with van der Waals surface area (Å²) in [6.07, 6.45) is 2.15. The van der Waals surface area contributed by atoms with Crippen LogP contribution in [0.25, 0.3) is 0 Å². The van der Waals surface area contributed by atoms with Crippen molar-refractivity contribution in [2.75, 3.05) is 13.7 Å². The first-order valence-electron chi connectivity index (χ1n) is 9.47. The first-order valence-corrected chi connectivity index (χ1v) is 9.47. The van der Waals surface area contributed by atoms with Gasteiger partial charge in [-0.1, -0.05) is 44.5 Å². The van der Waals surface area contributed by atoms with Crippen molar-refractivity contribution in [1.29, 1.82) is 0 Å². The molecule has 2 rings (SSSR count). The van der Waals surface area contributed by atoms with Crippen LogP contribution in [0.2, 0.25) is 0 Å². The molecule has 1 amide bonds. The van der Waals surface area contributed by atoms with Gasteiger partial charge in [-0.15, -0.1) is 0 Å². The van der Waals surface area contributed by atoms with Crippen LogP contribution in [0, 0.1) is 0 Å². The highest BCUT2D eigenvalue weighted by atomic mass is 16.5. The second-order valence-corrected chi connectivity index (χ2v) is 6.23. The summed E-state index contributed by atoms with van der Waals surface area (Å²) in [6, 6.07) is 15.1. The summed E-state index contributed by atoms with van der Waals surface area (Å²) in [7, 11) is 1.62. The summed E-state index contributed by atoms with van der Waals surface area (Å²) in [4.78, 5) is 12.5. The van der Waals surface area contributed by atoms with Crippen LogP contribution in [0.1, 0.15) is 38.7 Å². The zero-order valence-electron chi connectivity index (χ0n) is 16.4. The van der Waals surface area contributed by atoms with E-state index in [-0.39, 0.29) is 5.91 Å². The number of hydrogen-bond acceptors (Lipinski definition) is 4. The predicted octanol–water partition coefficient (Wildman–Crippen LogP) is 4.35. The summed E-state index contributed by atoms with van der Waals surface area (Å²) in [5.74, 6) is 1.95. The number of carbonyl (C=O) groups excluding carboxylic acids is 1. The summed E-state index contributed by atoms with van der Waals surface area (Å²) in [5.41, 5.74) is 0.942. The third-order valence-corrected chi connectivity index (χ3v) is 4.14. The standard InChI is InChI=1S/C22H29NO4/c1-4-6-14-26-20-13-12-17(15-21(20)25-3)16-23-22(24)19(5-2)27-18-10-8-7-9-11-18/h7-13,15,19H,4-6,14,16H2,1-3H3,(H,23,24). The summed E-state index contributed by atoms with van der Waals surface area (Å²) >= 11 is 0. The molecule has 5 heteroatoms. The molecule has 2 aromatic rings. The van der Waals surface area contributed by atoms with E-state index in [9.17, 15) is 4.79 Å². The third kappa shape index (κ3) is 6.51. The van der Waals surface area contributed by atoms with Crippen LogP contribution in [-0.4, -0.2) is 25.7 Å². The van der Waals surface area contributed by atoms with Crippen LogP contribution in [-0.2, 0) is 11.3 Å². The minimum atomic E-state index is -0.522. The highest BCUT2D eigenvalue weighted by molar-refractivity contribution is 5.81. The van der Waals surface area contributed by atoms with Gasteiger partial charge in [-0.2, -0.15) is 0 Å². The van der Waals surface area contributed by atoms with Gasteiger partial charge in [0.05, 0.1) is 13.7 Å². The number of para-hydroxylation sites is 1. The van der Waals surface area contributed by atoms with Gasteiger partial charge in [0.15, 0.2) is 17.6 Å². The lowest BCUT2D eigenvalue weighted by Gasteiger charge is -2.17. The zero-order valence-corrected chi connectivity index (χ0v) is 16.4. The van der Waals surface area contributed by atoms with E-state index in [2.05, 4.69) is 12.2 Å². The monoisotopic (exact) mass is 371 g/mol. The minimum Gasteiger partial charge on any atom is -0.493 e. The number of unbranched alkanes of at least 4 members (excludes halogenated alkanes) is 1. The van der Waals surface area contributed by atoms with Crippen molar-refractivity contribution in [1.82, 2.24) is 5.32 Å². The van der Waals surface area contributed by atoms with Crippen molar-refractivity contribution in [3.63, 3.8) is 0 Å². The zero-order chi connectivity index (χ0) is 19.5. The van der Waals surface area contributed by atoms with Crippen molar-refractivity contribution < 1.29 is 19.0 Å². The summed E-state index contributed by atoms with van der Waals surface area (Å²) in [6.45, 7) is 5.12. The van der Waals surface area contributed by atoms with Crippen LogP contribution in [0.3, 0.4) is 0 Å². The molecule has 2 aromatic carbocycles. The van der Waals surface area contributed by atoms with Crippen LogP contribution in [0.15, 0.2) is 48.5 Å². The Morgan fingerprint density at radius 1 is 1.07 bits per heavy atom. The molecule has 1 atom stereocenters. The normalized spacial score (nSPS) is 11.5. The van der Waals surface area contributed by atoms with Gasteiger partial charge in [-0.25, -0.2) is 0 Å². The molecule has 0 aliphatic rings. The van der Waals surface area contributed by atoms with Gasteiger partial charge in [-0.3, -0.25) is 4.79 Å². The Balaban J connectivity index is 1.93. The average Bonchev–Trinajstić information content (AvgIpc) is 2.71. The topological polar surface area (TPSA) is 56.8 Å². The molecule has 5 nitrogen and oxygen atoms in total. The Morgan fingerprint density at radius 2 is 1.85 bits per heavy atom. The Kier molecular flexibility index (Phi) is 8.49. The summed E-state index contributed by atoms with van der Waals surface area (Å²) in [5, 5.41) is 2.93. The number of carbonyl (C=O) groups is 1. The lowest BCUT2D eigenvalue weighted by Crippen LogP contribution is -2.37. The van der Waals surface area contributed by atoms with E-state index >= 15 is 0 Å². The van der Waals surface area contributed by atoms with E-state index < -0.39 is 6.10 Å². The quantitative estimate of drug-likeness (QED) is 0.597. The van der Waals surface area contributed by atoms with Crippen molar-refractivity contribution in [3.05, 3.63) is 54.1 Å². The molecule has 0 heterocycles. The molecule has 0 aliphatic heterocycles. The van der Waals surface area contributed by atoms with Gasteiger partial charge in [0.25, 0.3) is 5.91 Å². The fourth-order valence-electron chi connectivity index (χ4n) is 2.56. The predicted molar refractivity (Wildman–Crippen MR) is 106 cm³/mol. The molecule has 146 valence electrons. The first kappa shape index (κ1) is 20.6. The van der Waals surface area contributed by atoms with E-state index in [0.29, 0.717) is 31.1 Å². The fraction of sp³-hybridized carbons (Fsp3) is 0.409. The molecule has 27 heavy (non-hydrogen) atoms. The molecule has 0 saturated carbocycles. The van der Waals surface area contributed by atoms with E-state index in [1.54, 1.807) is 7.11 Å². The Labute approximate surface area is 161 Å². The maximum Gasteiger partial charge on any atom is 0.261 e. The second-order valence-electron chi connectivity index (χ2n) is 6.23. The number of methoxy groups -OCH3 is 1. The van der Waals surface area contributed by atoms with Crippen LogP contribution in [0.4, 0.5) is 0 Å². The van der Waals surface area contributed by atoms with Crippen molar-refractivity contribution >= 4 is 5.91 Å². The molecule has 0 spiro atoms. The second kappa shape index (κ2) is 11.1. The van der Waals surface area contributed by atoms with E-state index in [1.807, 2.05) is 55.5 Å². The summed E-state index contributed by atoms with van der Waals surface area (Å²) < 4.78 is 16.9. The van der Waals surface area contributed by atoms with Crippen molar-refractivity contribution in [2.24, 2.45) is 0 Å². The van der Waals surface area contributed by atoms with Gasteiger partial charge in [-0.05, 0) is 42.7 Å². The van der Waals surface area contributed by atoms with Crippen molar-refractivity contribution in [2.45, 2.75) is 45.8 Å². The third-order valence-electron chi connectivity index (χ3n) is 4.14. The highest BCUT2D eigenvalue weighted by Crippen LogP contribution is 2.28. The van der Waals surface area contributed by atoms with Gasteiger partial charge < -0.3 is 19.5 Å². The van der Waals surface area contributed by atoms with Gasteiger partial charge in [0.1, 0.15) is 5.75 Å². The molecule has 1 unspecified atom stereocenters. The number of hydrogen-bond donors (Lipinski definition) is 1. The van der Waals surface area contributed by atoms with Crippen LogP contribution in [0.5, 0.6) is 17.2 Å². The minimum absolute atomic E-state index is 0.136. The van der Waals surface area contributed by atoms with Gasteiger partial charge >= 0.3 is 0 Å². The van der Waals surface area contributed by atoms with Crippen molar-refractivity contribution in [3.8, 4) is 17.2 Å². The molecule has 0 bridgehead atoms. The SMILES string of the molecule is CCCCOc1ccc(CNC(=O)C(CC)Oc2ccccc2)cc1OC. The smallest absolute Gasteiger partial charge is 0.261 e. The van der Waals surface area contributed by atoms with E-state index in [0.717, 1.165) is 24.2 Å². The number of rotatable bonds is 11. The lowest BCUT2D eigenvalue weighted by molar-refractivity contribution is -0.128. The van der Waals surface area contributed by atoms with Crippen LogP contribution < -0.4 is 19.5 Å². The molecular weight excluding hydrogens is 342 g/mol. The molecular formula is C22H29NO4. The number of ether oxygens (including phenoxy) is 3. The molecule has 0 aromatic heterocycles. The maximum absolute atomic E-state index is 12.5. The molecule has 0 aliphatic carbocycles.